The van der Waals surface area contributed by atoms with Gasteiger partial charge in [0, 0.05) is 13.1 Å². The molecule has 3 rings (SSSR count). The van der Waals surface area contributed by atoms with Crippen molar-refractivity contribution in [2.24, 2.45) is 5.92 Å². The molecule has 0 spiro atoms. The summed E-state index contributed by atoms with van der Waals surface area (Å²) in [6.07, 6.45) is -2.29. The van der Waals surface area contributed by atoms with Gasteiger partial charge in [-0.25, -0.2) is 4.68 Å². The van der Waals surface area contributed by atoms with Gasteiger partial charge in [-0.2, -0.15) is 23.3 Å². The summed E-state index contributed by atoms with van der Waals surface area (Å²) in [7, 11) is 0. The van der Waals surface area contributed by atoms with E-state index in [4.69, 9.17) is 0 Å². The topological polar surface area (TPSA) is 66.8 Å². The van der Waals surface area contributed by atoms with Crippen LogP contribution in [-0.2, 0) is 5.54 Å². The van der Waals surface area contributed by atoms with Gasteiger partial charge in [0.15, 0.2) is 5.65 Å². The monoisotopic (exact) mass is 343 g/mol. The second-order valence-corrected chi connectivity index (χ2v) is 7.18. The fourth-order valence-corrected chi connectivity index (χ4v) is 2.98. The van der Waals surface area contributed by atoms with E-state index in [1.165, 1.54) is 11.1 Å². The first-order chi connectivity index (χ1) is 11.1. The number of piperidine rings is 1. The Bertz CT molecular complexity index is 802. The highest BCUT2D eigenvalue weighted by atomic mass is 19.4. The summed E-state index contributed by atoms with van der Waals surface area (Å²) in [6, 6.07) is 0. The molecule has 1 saturated heterocycles. The first kappa shape index (κ1) is 16.8. The zero-order valence-electron chi connectivity index (χ0n) is 13.8. The lowest BCUT2D eigenvalue weighted by molar-refractivity contribution is -0.176. The maximum atomic E-state index is 13.0. The van der Waals surface area contributed by atoms with E-state index >= 15 is 0 Å². The summed E-state index contributed by atoms with van der Waals surface area (Å²) in [5, 5.41) is 4.54. The number of nitrogens with one attached hydrogen (secondary N) is 1. The molecule has 132 valence electrons. The van der Waals surface area contributed by atoms with Crippen molar-refractivity contribution in [3.05, 3.63) is 16.6 Å². The number of H-pyrrole nitrogens is 1. The predicted octanol–water partition coefficient (Wildman–Crippen LogP) is 2.65. The highest BCUT2D eigenvalue weighted by molar-refractivity contribution is 5.74. The number of nitrogens with zero attached hydrogens (tertiary/aromatic N) is 4. The number of halogens is 3. The molecule has 0 radical (unpaired) electrons. The van der Waals surface area contributed by atoms with Crippen molar-refractivity contribution in [3.8, 4) is 0 Å². The molecular formula is C15H20F3N5O. The SMILES string of the molecule is CC(C)(C)n1ncc2c(=O)[nH]c(N3CCCC(C(F)(F)F)C3)nc21. The lowest BCUT2D eigenvalue weighted by Crippen LogP contribution is -2.43. The van der Waals surface area contributed by atoms with Crippen LogP contribution in [-0.4, -0.2) is 39.0 Å². The Morgan fingerprint density at radius 2 is 2.00 bits per heavy atom. The van der Waals surface area contributed by atoms with Crippen LogP contribution in [0.2, 0.25) is 0 Å². The molecule has 0 saturated carbocycles. The van der Waals surface area contributed by atoms with E-state index in [0.717, 1.165) is 0 Å². The normalized spacial score (nSPS) is 19.9. The van der Waals surface area contributed by atoms with Crippen molar-refractivity contribution in [1.29, 1.82) is 0 Å². The van der Waals surface area contributed by atoms with Crippen LogP contribution in [0.3, 0.4) is 0 Å². The highest BCUT2D eigenvalue weighted by Gasteiger charge is 2.42. The van der Waals surface area contributed by atoms with Gasteiger partial charge in [0.25, 0.3) is 5.56 Å². The van der Waals surface area contributed by atoms with Gasteiger partial charge in [-0.05, 0) is 33.6 Å². The van der Waals surface area contributed by atoms with Crippen molar-refractivity contribution >= 4 is 17.0 Å². The molecule has 2 aromatic heterocycles. The molecule has 2 aromatic rings. The van der Waals surface area contributed by atoms with Crippen molar-refractivity contribution in [2.45, 2.75) is 45.3 Å². The zero-order chi connectivity index (χ0) is 17.7. The van der Waals surface area contributed by atoms with Crippen LogP contribution in [0.4, 0.5) is 19.1 Å². The Balaban J connectivity index is 2.02. The quantitative estimate of drug-likeness (QED) is 0.864. The molecule has 1 N–H and O–H groups in total. The summed E-state index contributed by atoms with van der Waals surface area (Å²) < 4.78 is 40.6. The van der Waals surface area contributed by atoms with Gasteiger partial charge >= 0.3 is 6.18 Å². The predicted molar refractivity (Wildman–Crippen MR) is 84.1 cm³/mol. The van der Waals surface area contributed by atoms with Crippen molar-refractivity contribution in [1.82, 2.24) is 19.7 Å². The van der Waals surface area contributed by atoms with Crippen molar-refractivity contribution in [3.63, 3.8) is 0 Å². The van der Waals surface area contributed by atoms with Crippen LogP contribution < -0.4 is 10.5 Å². The largest absolute Gasteiger partial charge is 0.393 e. The standard InChI is InChI=1S/C15H20F3N5O/c1-14(2,3)23-11-10(7-19-23)12(24)21-13(20-11)22-6-4-5-9(8-22)15(16,17)18/h7,9H,4-6,8H2,1-3H3,(H,20,21,24). The van der Waals surface area contributed by atoms with Gasteiger partial charge in [0.1, 0.15) is 5.39 Å². The molecule has 9 heteroatoms. The number of anilines is 1. The molecule has 1 aliphatic rings. The van der Waals surface area contributed by atoms with E-state index in [-0.39, 0.29) is 24.5 Å². The van der Waals surface area contributed by atoms with E-state index in [2.05, 4.69) is 15.1 Å². The van der Waals surface area contributed by atoms with Crippen LogP contribution in [0.5, 0.6) is 0 Å². The molecular weight excluding hydrogens is 323 g/mol. The number of rotatable bonds is 1. The minimum absolute atomic E-state index is 0.104. The van der Waals surface area contributed by atoms with Crippen LogP contribution in [0.15, 0.2) is 11.0 Å². The summed E-state index contributed by atoms with van der Waals surface area (Å²) in [4.78, 5) is 20.8. The average molecular weight is 343 g/mol. The van der Waals surface area contributed by atoms with E-state index in [9.17, 15) is 18.0 Å². The third kappa shape index (κ3) is 2.99. The Hall–Kier alpha value is -2.06. The first-order valence-corrected chi connectivity index (χ1v) is 7.87. The molecule has 6 nitrogen and oxygen atoms in total. The number of alkyl halides is 3. The fraction of sp³-hybridized carbons (Fsp3) is 0.667. The first-order valence-electron chi connectivity index (χ1n) is 7.87. The zero-order valence-corrected chi connectivity index (χ0v) is 13.8. The second kappa shape index (κ2) is 5.49. The average Bonchev–Trinajstić information content (AvgIpc) is 2.91. The lowest BCUT2D eigenvalue weighted by Gasteiger charge is -2.34. The van der Waals surface area contributed by atoms with Crippen molar-refractivity contribution < 1.29 is 13.2 Å². The van der Waals surface area contributed by atoms with E-state index < -0.39 is 17.6 Å². The van der Waals surface area contributed by atoms with Gasteiger partial charge < -0.3 is 4.90 Å². The minimum Gasteiger partial charge on any atom is -0.342 e. The number of hydrogen-bond acceptors (Lipinski definition) is 4. The van der Waals surface area contributed by atoms with Crippen LogP contribution in [0, 0.1) is 5.92 Å². The molecule has 3 heterocycles. The third-order valence-electron chi connectivity index (χ3n) is 4.24. The number of hydrogen-bond donors (Lipinski definition) is 1. The van der Waals surface area contributed by atoms with E-state index in [0.29, 0.717) is 24.0 Å². The van der Waals surface area contributed by atoms with Crippen LogP contribution in [0.1, 0.15) is 33.6 Å². The Morgan fingerprint density at radius 1 is 1.29 bits per heavy atom. The third-order valence-corrected chi connectivity index (χ3v) is 4.24. The molecule has 1 aliphatic heterocycles. The molecule has 0 aliphatic carbocycles. The summed E-state index contributed by atoms with van der Waals surface area (Å²) >= 11 is 0. The Kier molecular flexibility index (Phi) is 3.84. The van der Waals surface area contributed by atoms with Gasteiger partial charge in [-0.15, -0.1) is 0 Å². The van der Waals surface area contributed by atoms with Gasteiger partial charge in [0.2, 0.25) is 5.95 Å². The number of fused-ring (bicyclic) bond motifs is 1. The molecule has 1 fully saturated rings. The maximum absolute atomic E-state index is 13.0. The molecule has 0 amide bonds. The highest BCUT2D eigenvalue weighted by Crippen LogP contribution is 2.34. The molecule has 1 atom stereocenters. The van der Waals surface area contributed by atoms with E-state index in [1.807, 2.05) is 20.8 Å². The molecule has 0 aromatic carbocycles. The summed E-state index contributed by atoms with van der Waals surface area (Å²) in [5.74, 6) is -1.23. The Labute approximate surface area is 136 Å². The molecule has 24 heavy (non-hydrogen) atoms. The minimum atomic E-state index is -4.24. The number of aromatic amines is 1. The fourth-order valence-electron chi connectivity index (χ4n) is 2.98. The number of aromatic nitrogens is 4. The smallest absolute Gasteiger partial charge is 0.342 e. The molecule has 1 unspecified atom stereocenters. The van der Waals surface area contributed by atoms with Crippen LogP contribution in [0.25, 0.3) is 11.0 Å². The maximum Gasteiger partial charge on any atom is 0.393 e. The summed E-state index contributed by atoms with van der Waals surface area (Å²) in [5.41, 5.74) is -0.397. The Morgan fingerprint density at radius 3 is 2.62 bits per heavy atom. The van der Waals surface area contributed by atoms with Gasteiger partial charge in [-0.3, -0.25) is 9.78 Å². The lowest BCUT2D eigenvalue weighted by atomic mass is 9.98. The van der Waals surface area contributed by atoms with Crippen molar-refractivity contribution in [2.75, 3.05) is 18.0 Å². The van der Waals surface area contributed by atoms with Gasteiger partial charge in [0.05, 0.1) is 17.7 Å². The van der Waals surface area contributed by atoms with E-state index in [1.54, 1.807) is 4.68 Å². The summed E-state index contributed by atoms with van der Waals surface area (Å²) in [6.45, 7) is 6.00. The van der Waals surface area contributed by atoms with Gasteiger partial charge in [-0.1, -0.05) is 0 Å². The van der Waals surface area contributed by atoms with Crippen LogP contribution >= 0.6 is 0 Å². The second-order valence-electron chi connectivity index (χ2n) is 7.18. The molecule has 0 bridgehead atoms.